The predicted molar refractivity (Wildman–Crippen MR) is 126 cm³/mol. The third kappa shape index (κ3) is 4.01. The number of fused-ring (bicyclic) bond motifs is 1. The molecule has 2 heterocycles. The van der Waals surface area contributed by atoms with E-state index in [-0.39, 0.29) is 0 Å². The van der Waals surface area contributed by atoms with Crippen molar-refractivity contribution in [2.24, 2.45) is 5.10 Å². The zero-order chi connectivity index (χ0) is 22.0. The van der Waals surface area contributed by atoms with E-state index in [1.54, 1.807) is 30.5 Å². The van der Waals surface area contributed by atoms with Crippen molar-refractivity contribution < 1.29 is 0 Å². The lowest BCUT2D eigenvalue weighted by molar-refractivity contribution is 0.771. The molecule has 0 aliphatic rings. The number of benzene rings is 2. The maximum atomic E-state index is 12.7. The first kappa shape index (κ1) is 20.6. The summed E-state index contributed by atoms with van der Waals surface area (Å²) in [7, 11) is 0. The summed E-state index contributed by atoms with van der Waals surface area (Å²) in [6, 6.07) is 17.5. The van der Waals surface area contributed by atoms with Gasteiger partial charge in [0.2, 0.25) is 0 Å². The molecule has 0 atom stereocenters. The minimum Gasteiger partial charge on any atom is -0.318 e. The van der Waals surface area contributed by atoms with Crippen LogP contribution >= 0.6 is 0 Å². The van der Waals surface area contributed by atoms with Gasteiger partial charge in [-0.3, -0.25) is 4.79 Å². The van der Waals surface area contributed by atoms with E-state index in [9.17, 15) is 9.59 Å². The molecule has 0 saturated carbocycles. The first-order chi connectivity index (χ1) is 15.0. The van der Waals surface area contributed by atoms with Crippen LogP contribution in [0.5, 0.6) is 0 Å². The second-order valence-electron chi connectivity index (χ2n) is 7.77. The van der Waals surface area contributed by atoms with Gasteiger partial charge in [0.05, 0.1) is 17.1 Å². The molecule has 0 fully saturated rings. The van der Waals surface area contributed by atoms with Crippen LogP contribution in [-0.2, 0) is 6.42 Å². The molecule has 0 spiro atoms. The molecule has 0 unspecified atom stereocenters. The Hall–Kier alpha value is -3.67. The van der Waals surface area contributed by atoms with Gasteiger partial charge in [0, 0.05) is 22.6 Å². The van der Waals surface area contributed by atoms with Crippen LogP contribution < -0.4 is 11.2 Å². The maximum Gasteiger partial charge on any atom is 0.349 e. The first-order valence-corrected chi connectivity index (χ1v) is 10.6. The topological polar surface area (TPSA) is 72.2 Å². The van der Waals surface area contributed by atoms with Crippen LogP contribution in [0.3, 0.4) is 0 Å². The number of para-hydroxylation sites is 1. The molecule has 158 valence electrons. The molecule has 4 aromatic rings. The number of aromatic nitrogens is 3. The number of hydrogen-bond acceptors (Lipinski definition) is 3. The molecule has 0 amide bonds. The number of nitrogens with one attached hydrogen (secondary N) is 1. The highest BCUT2D eigenvalue weighted by atomic mass is 16.2. The van der Waals surface area contributed by atoms with Crippen LogP contribution in [-0.4, -0.2) is 20.4 Å². The largest absolute Gasteiger partial charge is 0.349 e. The molecular weight excluding hydrogens is 388 g/mol. The van der Waals surface area contributed by atoms with Crippen molar-refractivity contribution >= 4 is 17.1 Å². The molecule has 0 aliphatic carbocycles. The molecule has 0 saturated heterocycles. The van der Waals surface area contributed by atoms with Crippen LogP contribution in [0, 0.1) is 13.8 Å². The van der Waals surface area contributed by atoms with Crippen molar-refractivity contribution in [3.63, 3.8) is 0 Å². The summed E-state index contributed by atoms with van der Waals surface area (Å²) in [5, 5.41) is 4.63. The summed E-state index contributed by atoms with van der Waals surface area (Å²) in [5.41, 5.74) is 4.83. The number of aromatic amines is 1. The number of aryl methyl sites for hydroxylation is 2. The van der Waals surface area contributed by atoms with Crippen LogP contribution in [0.25, 0.3) is 16.6 Å². The smallest absolute Gasteiger partial charge is 0.318 e. The van der Waals surface area contributed by atoms with Crippen molar-refractivity contribution in [2.45, 2.75) is 40.0 Å². The zero-order valence-electron chi connectivity index (χ0n) is 18.1. The van der Waals surface area contributed by atoms with E-state index in [1.165, 1.54) is 18.4 Å². The van der Waals surface area contributed by atoms with Gasteiger partial charge in [-0.2, -0.15) is 5.10 Å². The standard InChI is InChI=1S/C25H26N4O2/c1-4-5-8-19-11-13-21(14-12-19)28-17(2)15-20(18(28)3)16-26-29-24(30)22-9-6-7-10-23(22)27-25(29)31/h6-7,9-16H,4-5,8H2,1-3H3,(H,27,31). The summed E-state index contributed by atoms with van der Waals surface area (Å²) in [4.78, 5) is 27.7. The lowest BCUT2D eigenvalue weighted by Gasteiger charge is -2.10. The number of hydrogen-bond donors (Lipinski definition) is 1. The van der Waals surface area contributed by atoms with Gasteiger partial charge in [-0.15, -0.1) is 4.68 Å². The second kappa shape index (κ2) is 8.60. The number of nitrogens with zero attached hydrogens (tertiary/aromatic N) is 3. The van der Waals surface area contributed by atoms with Gasteiger partial charge in [-0.05, 0) is 62.6 Å². The Morgan fingerprint density at radius 3 is 2.52 bits per heavy atom. The van der Waals surface area contributed by atoms with Gasteiger partial charge in [0.1, 0.15) is 0 Å². The Balaban J connectivity index is 1.68. The van der Waals surface area contributed by atoms with E-state index in [4.69, 9.17) is 0 Å². The van der Waals surface area contributed by atoms with Crippen LogP contribution in [0.1, 0.15) is 42.3 Å². The lowest BCUT2D eigenvalue weighted by Crippen LogP contribution is -2.32. The van der Waals surface area contributed by atoms with E-state index in [0.717, 1.165) is 33.7 Å². The van der Waals surface area contributed by atoms with Gasteiger partial charge in [-0.25, -0.2) is 4.79 Å². The molecule has 6 heteroatoms. The van der Waals surface area contributed by atoms with Crippen molar-refractivity contribution in [1.82, 2.24) is 14.2 Å². The SMILES string of the molecule is CCCCc1ccc(-n2c(C)cc(C=Nn3c(=O)[nH]c4ccccc4c3=O)c2C)cc1. The Morgan fingerprint density at radius 1 is 1.03 bits per heavy atom. The van der Waals surface area contributed by atoms with Crippen molar-refractivity contribution in [1.29, 1.82) is 0 Å². The maximum absolute atomic E-state index is 12.7. The molecule has 2 aromatic heterocycles. The van der Waals surface area contributed by atoms with Crippen LogP contribution in [0.15, 0.2) is 69.3 Å². The van der Waals surface area contributed by atoms with Crippen molar-refractivity contribution in [3.05, 3.63) is 98.0 Å². The van der Waals surface area contributed by atoms with Gasteiger partial charge < -0.3 is 9.55 Å². The molecule has 0 bridgehead atoms. The monoisotopic (exact) mass is 414 g/mol. The average molecular weight is 415 g/mol. The Morgan fingerprint density at radius 2 is 1.77 bits per heavy atom. The van der Waals surface area contributed by atoms with E-state index in [2.05, 4.69) is 45.8 Å². The van der Waals surface area contributed by atoms with E-state index in [0.29, 0.717) is 10.9 Å². The highest BCUT2D eigenvalue weighted by Crippen LogP contribution is 2.20. The summed E-state index contributed by atoms with van der Waals surface area (Å²) in [5.74, 6) is 0. The van der Waals surface area contributed by atoms with Gasteiger partial charge in [0.25, 0.3) is 5.56 Å². The third-order valence-corrected chi connectivity index (χ3v) is 5.58. The second-order valence-corrected chi connectivity index (χ2v) is 7.77. The van der Waals surface area contributed by atoms with E-state index >= 15 is 0 Å². The summed E-state index contributed by atoms with van der Waals surface area (Å²) >= 11 is 0. The molecule has 0 aliphatic heterocycles. The third-order valence-electron chi connectivity index (χ3n) is 5.58. The molecule has 6 nitrogen and oxygen atoms in total. The van der Waals surface area contributed by atoms with Gasteiger partial charge >= 0.3 is 5.69 Å². The zero-order valence-corrected chi connectivity index (χ0v) is 18.1. The first-order valence-electron chi connectivity index (χ1n) is 10.6. The van der Waals surface area contributed by atoms with Crippen molar-refractivity contribution in [3.8, 4) is 5.69 Å². The van der Waals surface area contributed by atoms with Crippen LogP contribution in [0.2, 0.25) is 0 Å². The molecule has 31 heavy (non-hydrogen) atoms. The number of rotatable bonds is 6. The fourth-order valence-electron chi connectivity index (χ4n) is 3.89. The van der Waals surface area contributed by atoms with Gasteiger partial charge in [-0.1, -0.05) is 37.6 Å². The number of unbranched alkanes of at least 4 members (excludes halogenated alkanes) is 1. The van der Waals surface area contributed by atoms with E-state index in [1.807, 2.05) is 19.9 Å². The minimum absolute atomic E-state index is 0.424. The summed E-state index contributed by atoms with van der Waals surface area (Å²) < 4.78 is 3.02. The molecular formula is C25H26N4O2. The predicted octanol–water partition coefficient (Wildman–Crippen LogP) is 4.32. The lowest BCUT2D eigenvalue weighted by atomic mass is 10.1. The fraction of sp³-hybridized carbons (Fsp3) is 0.240. The van der Waals surface area contributed by atoms with Crippen molar-refractivity contribution in [2.75, 3.05) is 0 Å². The molecule has 2 aromatic carbocycles. The highest BCUT2D eigenvalue weighted by Gasteiger charge is 2.11. The van der Waals surface area contributed by atoms with Crippen LogP contribution in [0.4, 0.5) is 0 Å². The molecule has 0 radical (unpaired) electrons. The Kier molecular flexibility index (Phi) is 5.71. The normalized spacial score (nSPS) is 11.6. The quantitative estimate of drug-likeness (QED) is 0.477. The average Bonchev–Trinajstić information content (AvgIpc) is 3.05. The molecule has 4 rings (SSSR count). The molecule has 1 N–H and O–H groups in total. The highest BCUT2D eigenvalue weighted by molar-refractivity contribution is 5.82. The van der Waals surface area contributed by atoms with Gasteiger partial charge in [0.15, 0.2) is 0 Å². The summed E-state index contributed by atoms with van der Waals surface area (Å²) in [6.45, 7) is 6.24. The number of H-pyrrole nitrogens is 1. The Labute approximate surface area is 180 Å². The summed E-state index contributed by atoms with van der Waals surface area (Å²) in [6.07, 6.45) is 5.03. The van der Waals surface area contributed by atoms with E-state index < -0.39 is 11.2 Å². The minimum atomic E-state index is -0.559. The fourth-order valence-corrected chi connectivity index (χ4v) is 3.89. The Bertz CT molecular complexity index is 1370.